The average molecular weight is 521 g/mol. The monoisotopic (exact) mass is 521 g/mol. The first-order chi connectivity index (χ1) is 18.3. The number of alkyl halides is 3. The zero-order valence-corrected chi connectivity index (χ0v) is 19.7. The van der Waals surface area contributed by atoms with Crippen molar-refractivity contribution in [2.75, 3.05) is 38.7 Å². The Bertz CT molecular complexity index is 1490. The molecule has 37 heavy (non-hydrogen) atoms. The van der Waals surface area contributed by atoms with Gasteiger partial charge >= 0.3 is 0 Å². The number of ether oxygens (including phenoxy) is 2. The predicted octanol–water partition coefficient (Wildman–Crippen LogP) is 2.78. The number of hydrogen-bond acceptors (Lipinski definition) is 8. The lowest BCUT2D eigenvalue weighted by Crippen LogP contribution is -2.57. The van der Waals surface area contributed by atoms with Crippen LogP contribution in [0.2, 0.25) is 0 Å². The third-order valence-corrected chi connectivity index (χ3v) is 6.70. The van der Waals surface area contributed by atoms with Crippen molar-refractivity contribution in [3.05, 3.63) is 30.2 Å². The van der Waals surface area contributed by atoms with Gasteiger partial charge in [0.25, 0.3) is 6.43 Å². The van der Waals surface area contributed by atoms with E-state index in [1.807, 2.05) is 0 Å². The maximum atomic E-state index is 15.3. The predicted molar refractivity (Wildman–Crippen MR) is 125 cm³/mol. The fourth-order valence-corrected chi connectivity index (χ4v) is 4.78. The standard InChI is InChI=1S/C23H24F4N8O2/c1-36-22-21-20(12-2-3-17-18(6-12)34(32-30-17)9-19(26)27)15(25)8-35(21)31-23(29-22)28-16-4-5-33(7-14(16)24)13-10-37-11-13/h2-3,6,8,13-14,16,19H,4-5,7,9-11H2,1H3,(H,28,31)/t14-,16+/m1/s1/i13D. The number of anilines is 1. The minimum absolute atomic E-state index is 0.0466. The molecule has 2 atom stereocenters. The maximum Gasteiger partial charge on any atom is 0.258 e. The van der Waals surface area contributed by atoms with E-state index in [2.05, 4.69) is 25.7 Å². The van der Waals surface area contributed by atoms with Crippen LogP contribution in [0, 0.1) is 5.82 Å². The van der Waals surface area contributed by atoms with Crippen molar-refractivity contribution in [1.82, 2.24) is 34.5 Å². The second kappa shape index (κ2) is 9.41. The van der Waals surface area contributed by atoms with Gasteiger partial charge in [-0.25, -0.2) is 26.8 Å². The van der Waals surface area contributed by atoms with Crippen LogP contribution in [0.15, 0.2) is 24.4 Å². The molecule has 14 heteroatoms. The summed E-state index contributed by atoms with van der Waals surface area (Å²) in [4.78, 5) is 6.13. The summed E-state index contributed by atoms with van der Waals surface area (Å²) in [5.41, 5.74) is 1.41. The van der Waals surface area contributed by atoms with Crippen LogP contribution in [0.3, 0.4) is 0 Å². The van der Waals surface area contributed by atoms with E-state index < -0.39 is 37.0 Å². The Morgan fingerprint density at radius 1 is 1.32 bits per heavy atom. The van der Waals surface area contributed by atoms with Crippen LogP contribution >= 0.6 is 0 Å². The summed E-state index contributed by atoms with van der Waals surface area (Å²) in [5.74, 6) is -0.536. The van der Waals surface area contributed by atoms with Gasteiger partial charge in [0, 0.05) is 13.1 Å². The Morgan fingerprint density at radius 3 is 2.86 bits per heavy atom. The molecule has 1 aromatic carbocycles. The highest BCUT2D eigenvalue weighted by atomic mass is 19.3. The first-order valence-electron chi connectivity index (χ1n) is 12.2. The lowest BCUT2D eigenvalue weighted by Gasteiger charge is -2.42. The van der Waals surface area contributed by atoms with Crippen molar-refractivity contribution >= 4 is 22.5 Å². The molecule has 2 fully saturated rings. The molecule has 6 rings (SSSR count). The van der Waals surface area contributed by atoms with Crippen LogP contribution in [0.4, 0.5) is 23.5 Å². The van der Waals surface area contributed by atoms with Gasteiger partial charge < -0.3 is 14.8 Å². The van der Waals surface area contributed by atoms with Gasteiger partial charge in [0.1, 0.15) is 23.7 Å². The molecule has 0 bridgehead atoms. The number of aromatic nitrogens is 6. The third-order valence-electron chi connectivity index (χ3n) is 6.70. The number of halogens is 4. The second-order valence-electron chi connectivity index (χ2n) is 9.02. The van der Waals surface area contributed by atoms with Gasteiger partial charge in [-0.3, -0.25) is 4.90 Å². The van der Waals surface area contributed by atoms with Crippen LogP contribution < -0.4 is 10.1 Å². The summed E-state index contributed by atoms with van der Waals surface area (Å²) in [7, 11) is 1.37. The minimum atomic E-state index is -2.63. The number of methoxy groups -OCH3 is 1. The van der Waals surface area contributed by atoms with E-state index >= 15 is 8.78 Å². The number of benzene rings is 1. The van der Waals surface area contributed by atoms with Crippen molar-refractivity contribution < 1.29 is 28.4 Å². The van der Waals surface area contributed by atoms with Gasteiger partial charge in [-0.15, -0.1) is 10.2 Å². The molecule has 2 saturated heterocycles. The van der Waals surface area contributed by atoms with Crippen molar-refractivity contribution in [2.24, 2.45) is 0 Å². The molecular formula is C23H24F4N8O2. The van der Waals surface area contributed by atoms with Crippen LogP contribution in [0.25, 0.3) is 27.7 Å². The number of fused-ring (bicyclic) bond motifs is 2. The highest BCUT2D eigenvalue weighted by Gasteiger charge is 2.36. The molecule has 0 spiro atoms. The van der Waals surface area contributed by atoms with Crippen LogP contribution in [-0.4, -0.2) is 92.6 Å². The highest BCUT2D eigenvalue weighted by Crippen LogP contribution is 2.35. The zero-order chi connectivity index (χ0) is 26.6. The molecule has 0 amide bonds. The Balaban J connectivity index is 1.31. The number of likely N-dealkylation sites (tertiary alicyclic amines) is 1. The molecule has 3 aromatic heterocycles. The van der Waals surface area contributed by atoms with Crippen LogP contribution in [-0.2, 0) is 11.3 Å². The maximum absolute atomic E-state index is 15.3. The van der Waals surface area contributed by atoms with Crippen molar-refractivity contribution in [2.45, 2.75) is 37.6 Å². The summed E-state index contributed by atoms with van der Waals surface area (Å²) in [5, 5.41) is 15.0. The van der Waals surface area contributed by atoms with Crippen molar-refractivity contribution in [3.8, 4) is 17.0 Å². The summed E-state index contributed by atoms with van der Waals surface area (Å²) in [6, 6.07) is 3.19. The lowest BCUT2D eigenvalue weighted by molar-refractivity contribution is -0.0794. The van der Waals surface area contributed by atoms with E-state index in [0.29, 0.717) is 29.6 Å². The topological polar surface area (TPSA) is 94.6 Å². The quantitative estimate of drug-likeness (QED) is 0.371. The smallest absolute Gasteiger partial charge is 0.258 e. The number of rotatable bonds is 7. The zero-order valence-electron chi connectivity index (χ0n) is 20.7. The summed E-state index contributed by atoms with van der Waals surface area (Å²) in [6.45, 7) is 0.450. The SMILES string of the molecule is [2H]C1(N2CC[C@H](Nc3nc(OC)c4c(-c5ccc6nnn(CC(F)F)c6c5)c(F)cn4n3)[C@H](F)C2)COC1. The van der Waals surface area contributed by atoms with E-state index in [-0.39, 0.29) is 42.7 Å². The van der Waals surface area contributed by atoms with Crippen LogP contribution in [0.1, 0.15) is 7.79 Å². The molecule has 0 unspecified atom stereocenters. The Hall–Kier alpha value is -3.52. The first-order valence-corrected chi connectivity index (χ1v) is 11.7. The number of nitrogens with zero attached hydrogens (tertiary/aromatic N) is 7. The number of piperidine rings is 1. The Kier molecular flexibility index (Phi) is 5.76. The third kappa shape index (κ3) is 4.33. The van der Waals surface area contributed by atoms with Gasteiger partial charge in [-0.1, -0.05) is 11.3 Å². The Labute approximate surface area is 209 Å². The van der Waals surface area contributed by atoms with Gasteiger partial charge in [-0.05, 0) is 24.1 Å². The molecule has 0 radical (unpaired) electrons. The van der Waals surface area contributed by atoms with Crippen molar-refractivity contribution in [1.29, 1.82) is 0 Å². The first kappa shape index (κ1) is 22.7. The largest absolute Gasteiger partial charge is 0.479 e. The Morgan fingerprint density at radius 2 is 2.16 bits per heavy atom. The molecule has 196 valence electrons. The van der Waals surface area contributed by atoms with Gasteiger partial charge in [0.05, 0.1) is 51.0 Å². The molecule has 2 aliphatic heterocycles. The number of nitrogens with one attached hydrogen (secondary N) is 1. The van der Waals surface area contributed by atoms with E-state index in [9.17, 15) is 8.78 Å². The molecular weight excluding hydrogens is 496 g/mol. The lowest BCUT2D eigenvalue weighted by atomic mass is 10.0. The fourth-order valence-electron chi connectivity index (χ4n) is 4.78. The second-order valence-corrected chi connectivity index (χ2v) is 9.02. The van der Waals surface area contributed by atoms with Crippen LogP contribution in [0.5, 0.6) is 5.88 Å². The van der Waals surface area contributed by atoms with E-state index in [0.717, 1.165) is 10.9 Å². The number of hydrogen-bond donors (Lipinski definition) is 1. The minimum Gasteiger partial charge on any atom is -0.479 e. The summed E-state index contributed by atoms with van der Waals surface area (Å²) in [6.07, 6.45) is -2.36. The fraction of sp³-hybridized carbons (Fsp3) is 0.478. The summed E-state index contributed by atoms with van der Waals surface area (Å²) < 4.78 is 77.5. The normalized spacial score (nSPS) is 22.4. The van der Waals surface area contributed by atoms with E-state index in [4.69, 9.17) is 10.8 Å². The van der Waals surface area contributed by atoms with Gasteiger partial charge in [0.15, 0.2) is 5.82 Å². The van der Waals surface area contributed by atoms with Gasteiger partial charge in [0.2, 0.25) is 11.8 Å². The average Bonchev–Trinajstić information content (AvgIpc) is 3.42. The molecule has 0 saturated carbocycles. The molecule has 1 N–H and O–H groups in total. The van der Waals surface area contributed by atoms with Crippen molar-refractivity contribution in [3.63, 3.8) is 0 Å². The highest BCUT2D eigenvalue weighted by molar-refractivity contribution is 5.89. The molecule has 4 aromatic rings. The molecule has 10 nitrogen and oxygen atoms in total. The van der Waals surface area contributed by atoms with Gasteiger partial charge in [-0.2, -0.15) is 4.98 Å². The summed E-state index contributed by atoms with van der Waals surface area (Å²) >= 11 is 0. The van der Waals surface area contributed by atoms with E-state index in [1.165, 1.54) is 17.7 Å². The molecule has 0 aliphatic carbocycles. The molecule has 5 heterocycles. The van der Waals surface area contributed by atoms with E-state index in [1.54, 1.807) is 17.0 Å². The molecule has 2 aliphatic rings.